The van der Waals surface area contributed by atoms with Gasteiger partial charge in [-0.25, -0.2) is 0 Å². The minimum Gasteiger partial charge on any atom is -0.393 e. The standard InChI is InChI=1S/C18H28N2O2/c1-4-14-7-6-8-15(5-2)17(14)19-18(22)13(3)20-11-9-16(21)10-12-20/h6-8,13,16,21H,4-5,9-12H2,1-3H3,(H,19,22). The summed E-state index contributed by atoms with van der Waals surface area (Å²) in [6.45, 7) is 7.74. The second-order valence-corrected chi connectivity index (χ2v) is 6.09. The molecule has 0 radical (unpaired) electrons. The number of aryl methyl sites for hydroxylation is 2. The first-order chi connectivity index (χ1) is 10.6. The molecule has 4 nitrogen and oxygen atoms in total. The molecule has 0 aliphatic carbocycles. The number of para-hydroxylation sites is 1. The number of anilines is 1. The number of likely N-dealkylation sites (tertiary alicyclic amines) is 1. The van der Waals surface area contributed by atoms with Crippen LogP contribution in [0, 0.1) is 0 Å². The first kappa shape index (κ1) is 17.0. The van der Waals surface area contributed by atoms with Crippen molar-refractivity contribution in [2.45, 2.75) is 58.6 Å². The molecule has 2 rings (SSSR count). The molecule has 1 unspecified atom stereocenters. The summed E-state index contributed by atoms with van der Waals surface area (Å²) in [5.41, 5.74) is 3.37. The molecular formula is C18H28N2O2. The summed E-state index contributed by atoms with van der Waals surface area (Å²) in [5, 5.41) is 12.7. The van der Waals surface area contributed by atoms with E-state index in [0.717, 1.165) is 44.5 Å². The summed E-state index contributed by atoms with van der Waals surface area (Å²) in [5.74, 6) is 0.0481. The number of aliphatic hydroxyl groups is 1. The van der Waals surface area contributed by atoms with Gasteiger partial charge in [-0.05, 0) is 43.7 Å². The SMILES string of the molecule is CCc1cccc(CC)c1NC(=O)C(C)N1CCC(O)CC1. The highest BCUT2D eigenvalue weighted by molar-refractivity contribution is 5.96. The molecular weight excluding hydrogens is 276 g/mol. The van der Waals surface area contributed by atoms with E-state index < -0.39 is 0 Å². The largest absolute Gasteiger partial charge is 0.393 e. The number of carbonyl (C=O) groups excluding carboxylic acids is 1. The van der Waals surface area contributed by atoms with Crippen molar-refractivity contribution >= 4 is 11.6 Å². The Labute approximate surface area is 133 Å². The van der Waals surface area contributed by atoms with E-state index in [1.165, 1.54) is 11.1 Å². The molecule has 1 fully saturated rings. The minimum absolute atomic E-state index is 0.0481. The molecule has 4 heteroatoms. The fraction of sp³-hybridized carbons (Fsp3) is 0.611. The van der Waals surface area contributed by atoms with Gasteiger partial charge in [0.1, 0.15) is 0 Å². The number of amides is 1. The Morgan fingerprint density at radius 2 is 1.82 bits per heavy atom. The Bertz CT molecular complexity index is 486. The second kappa shape index (κ2) is 7.75. The number of piperidine rings is 1. The molecule has 0 saturated carbocycles. The van der Waals surface area contributed by atoms with Gasteiger partial charge in [-0.2, -0.15) is 0 Å². The smallest absolute Gasteiger partial charge is 0.241 e. The lowest BCUT2D eigenvalue weighted by Crippen LogP contribution is -2.47. The molecule has 1 saturated heterocycles. The number of nitrogens with one attached hydrogen (secondary N) is 1. The van der Waals surface area contributed by atoms with Crippen molar-refractivity contribution in [3.63, 3.8) is 0 Å². The molecule has 0 spiro atoms. The molecule has 1 aliphatic rings. The van der Waals surface area contributed by atoms with Crippen LogP contribution in [-0.4, -0.2) is 41.1 Å². The zero-order chi connectivity index (χ0) is 16.1. The quantitative estimate of drug-likeness (QED) is 0.879. The average Bonchev–Trinajstić information content (AvgIpc) is 2.55. The van der Waals surface area contributed by atoms with Gasteiger partial charge in [0.25, 0.3) is 0 Å². The topological polar surface area (TPSA) is 52.6 Å². The van der Waals surface area contributed by atoms with Crippen molar-refractivity contribution in [1.29, 1.82) is 0 Å². The minimum atomic E-state index is -0.209. The fourth-order valence-electron chi connectivity index (χ4n) is 3.07. The van der Waals surface area contributed by atoms with Crippen LogP contribution in [0.3, 0.4) is 0 Å². The maximum absolute atomic E-state index is 12.6. The van der Waals surface area contributed by atoms with Gasteiger partial charge >= 0.3 is 0 Å². The first-order valence-corrected chi connectivity index (χ1v) is 8.40. The summed E-state index contributed by atoms with van der Waals surface area (Å²) < 4.78 is 0. The maximum atomic E-state index is 12.6. The van der Waals surface area contributed by atoms with Crippen LogP contribution in [0.4, 0.5) is 5.69 Å². The molecule has 1 aliphatic heterocycles. The zero-order valence-electron chi connectivity index (χ0n) is 13.9. The molecule has 1 heterocycles. The van der Waals surface area contributed by atoms with Gasteiger partial charge in [0.15, 0.2) is 0 Å². The van der Waals surface area contributed by atoms with E-state index in [1.807, 2.05) is 6.92 Å². The predicted octanol–water partition coefficient (Wildman–Crippen LogP) is 2.60. The van der Waals surface area contributed by atoms with E-state index in [0.29, 0.717) is 0 Å². The summed E-state index contributed by atoms with van der Waals surface area (Å²) in [4.78, 5) is 14.8. The Morgan fingerprint density at radius 1 is 1.27 bits per heavy atom. The molecule has 1 amide bonds. The maximum Gasteiger partial charge on any atom is 0.241 e. The highest BCUT2D eigenvalue weighted by Gasteiger charge is 2.26. The summed E-state index contributed by atoms with van der Waals surface area (Å²) in [6, 6.07) is 6.05. The van der Waals surface area contributed by atoms with Crippen LogP contribution in [0.15, 0.2) is 18.2 Å². The van der Waals surface area contributed by atoms with Gasteiger partial charge in [-0.15, -0.1) is 0 Å². The van der Waals surface area contributed by atoms with Crippen molar-refractivity contribution in [3.8, 4) is 0 Å². The number of rotatable bonds is 5. The van der Waals surface area contributed by atoms with E-state index in [-0.39, 0.29) is 18.1 Å². The lowest BCUT2D eigenvalue weighted by molar-refractivity contribution is -0.121. The van der Waals surface area contributed by atoms with Gasteiger partial charge < -0.3 is 10.4 Å². The third kappa shape index (κ3) is 3.87. The number of benzene rings is 1. The Morgan fingerprint density at radius 3 is 2.32 bits per heavy atom. The van der Waals surface area contributed by atoms with E-state index in [9.17, 15) is 9.90 Å². The molecule has 1 atom stereocenters. The van der Waals surface area contributed by atoms with Crippen molar-refractivity contribution in [1.82, 2.24) is 4.90 Å². The molecule has 0 bridgehead atoms. The second-order valence-electron chi connectivity index (χ2n) is 6.09. The Kier molecular flexibility index (Phi) is 5.98. The highest BCUT2D eigenvalue weighted by Crippen LogP contribution is 2.23. The lowest BCUT2D eigenvalue weighted by atomic mass is 10.0. The van der Waals surface area contributed by atoms with Gasteiger partial charge in [-0.1, -0.05) is 32.0 Å². The monoisotopic (exact) mass is 304 g/mol. The molecule has 0 aromatic heterocycles. The number of nitrogens with zero attached hydrogens (tertiary/aromatic N) is 1. The molecule has 122 valence electrons. The van der Waals surface area contributed by atoms with Crippen LogP contribution >= 0.6 is 0 Å². The predicted molar refractivity (Wildman–Crippen MR) is 90.1 cm³/mol. The van der Waals surface area contributed by atoms with E-state index in [4.69, 9.17) is 0 Å². The van der Waals surface area contributed by atoms with E-state index in [2.05, 4.69) is 42.3 Å². The van der Waals surface area contributed by atoms with Gasteiger partial charge in [0.2, 0.25) is 5.91 Å². The molecule has 2 N–H and O–H groups in total. The number of aliphatic hydroxyl groups excluding tert-OH is 1. The fourth-order valence-corrected chi connectivity index (χ4v) is 3.07. The number of hydrogen-bond acceptors (Lipinski definition) is 3. The number of hydrogen-bond donors (Lipinski definition) is 2. The van der Waals surface area contributed by atoms with Crippen LogP contribution in [0.25, 0.3) is 0 Å². The summed E-state index contributed by atoms with van der Waals surface area (Å²) in [6.07, 6.45) is 3.12. The Hall–Kier alpha value is -1.39. The third-order valence-corrected chi connectivity index (χ3v) is 4.67. The van der Waals surface area contributed by atoms with Gasteiger partial charge in [-0.3, -0.25) is 9.69 Å². The Balaban J connectivity index is 2.08. The van der Waals surface area contributed by atoms with Crippen molar-refractivity contribution in [2.24, 2.45) is 0 Å². The zero-order valence-corrected chi connectivity index (χ0v) is 13.9. The first-order valence-electron chi connectivity index (χ1n) is 8.40. The number of carbonyl (C=O) groups is 1. The molecule has 1 aromatic carbocycles. The van der Waals surface area contributed by atoms with Crippen LogP contribution in [0.1, 0.15) is 44.7 Å². The highest BCUT2D eigenvalue weighted by atomic mass is 16.3. The van der Waals surface area contributed by atoms with Crippen LogP contribution < -0.4 is 5.32 Å². The normalized spacial score (nSPS) is 18.2. The lowest BCUT2D eigenvalue weighted by Gasteiger charge is -2.33. The average molecular weight is 304 g/mol. The summed E-state index contributed by atoms with van der Waals surface area (Å²) in [7, 11) is 0. The third-order valence-electron chi connectivity index (χ3n) is 4.67. The van der Waals surface area contributed by atoms with Crippen LogP contribution in [0.5, 0.6) is 0 Å². The summed E-state index contributed by atoms with van der Waals surface area (Å²) >= 11 is 0. The van der Waals surface area contributed by atoms with Gasteiger partial charge in [0, 0.05) is 18.8 Å². The van der Waals surface area contributed by atoms with E-state index in [1.54, 1.807) is 0 Å². The molecule has 1 aromatic rings. The van der Waals surface area contributed by atoms with Crippen LogP contribution in [-0.2, 0) is 17.6 Å². The van der Waals surface area contributed by atoms with Crippen molar-refractivity contribution in [2.75, 3.05) is 18.4 Å². The van der Waals surface area contributed by atoms with Gasteiger partial charge in [0.05, 0.1) is 12.1 Å². The van der Waals surface area contributed by atoms with E-state index >= 15 is 0 Å². The van der Waals surface area contributed by atoms with Crippen molar-refractivity contribution in [3.05, 3.63) is 29.3 Å². The molecule has 22 heavy (non-hydrogen) atoms. The van der Waals surface area contributed by atoms with Crippen LogP contribution in [0.2, 0.25) is 0 Å². The van der Waals surface area contributed by atoms with Crippen molar-refractivity contribution < 1.29 is 9.90 Å².